The summed E-state index contributed by atoms with van der Waals surface area (Å²) in [6.45, 7) is 5.73. The predicted molar refractivity (Wildman–Crippen MR) is 119 cm³/mol. The van der Waals surface area contributed by atoms with Crippen molar-refractivity contribution in [3.63, 3.8) is 0 Å². The van der Waals surface area contributed by atoms with E-state index < -0.39 is 22.3 Å². The molecule has 0 amide bonds. The second-order valence-electron chi connectivity index (χ2n) is 7.18. The first-order valence-electron chi connectivity index (χ1n) is 10.6. The first kappa shape index (κ1) is 26.0. The van der Waals surface area contributed by atoms with Crippen LogP contribution in [-0.2, 0) is 6.18 Å². The summed E-state index contributed by atoms with van der Waals surface area (Å²) >= 11 is 0. The van der Waals surface area contributed by atoms with Gasteiger partial charge in [-0.2, -0.15) is 13.2 Å². The Hall–Kier alpha value is -3.25. The average molecular weight is 464 g/mol. The highest BCUT2D eigenvalue weighted by molar-refractivity contribution is 5.37. The van der Waals surface area contributed by atoms with E-state index >= 15 is 0 Å². The summed E-state index contributed by atoms with van der Waals surface area (Å²) in [7, 11) is 0. The number of benzene rings is 2. The predicted octanol–water partition coefficient (Wildman–Crippen LogP) is 5.57. The fourth-order valence-corrected chi connectivity index (χ4v) is 3.39. The molecule has 0 bridgehead atoms. The van der Waals surface area contributed by atoms with Crippen LogP contribution >= 0.6 is 0 Å². The lowest BCUT2D eigenvalue weighted by Crippen LogP contribution is -2.48. The number of para-hydroxylation sites is 1. The van der Waals surface area contributed by atoms with Crippen molar-refractivity contribution in [3.8, 4) is 23.8 Å². The van der Waals surface area contributed by atoms with E-state index in [0.717, 1.165) is 6.07 Å². The van der Waals surface area contributed by atoms with E-state index in [-0.39, 0.29) is 18.0 Å². The first-order valence-corrected chi connectivity index (χ1v) is 10.6. The van der Waals surface area contributed by atoms with Crippen LogP contribution in [0.1, 0.15) is 32.3 Å². The second-order valence-corrected chi connectivity index (χ2v) is 7.18. The minimum absolute atomic E-state index is 0.0379. The summed E-state index contributed by atoms with van der Waals surface area (Å²) in [5.41, 5.74) is -1.67. The lowest BCUT2D eigenvalue weighted by atomic mass is 9.92. The van der Waals surface area contributed by atoms with Gasteiger partial charge in [0, 0.05) is 44.6 Å². The molecule has 1 aliphatic rings. The lowest BCUT2D eigenvalue weighted by molar-refractivity contribution is -0.384. The van der Waals surface area contributed by atoms with E-state index in [1.165, 1.54) is 42.5 Å². The number of non-ortho nitro benzene ring substituents is 1. The molecule has 0 saturated carbocycles. The molecule has 0 atom stereocenters. The summed E-state index contributed by atoms with van der Waals surface area (Å²) in [5, 5.41) is 10.8. The maximum absolute atomic E-state index is 13.0. The molecule has 1 heterocycles. The van der Waals surface area contributed by atoms with Crippen LogP contribution in [0.4, 0.5) is 18.9 Å². The van der Waals surface area contributed by atoms with Gasteiger partial charge in [-0.3, -0.25) is 15.0 Å². The van der Waals surface area contributed by atoms with E-state index in [4.69, 9.17) is 15.9 Å². The van der Waals surface area contributed by atoms with Crippen LogP contribution in [0, 0.1) is 22.5 Å². The van der Waals surface area contributed by atoms with Gasteiger partial charge in [-0.25, -0.2) is 0 Å². The zero-order chi connectivity index (χ0) is 24.5. The van der Waals surface area contributed by atoms with Crippen molar-refractivity contribution in [2.45, 2.75) is 38.5 Å². The highest BCUT2D eigenvalue weighted by Crippen LogP contribution is 2.36. The van der Waals surface area contributed by atoms with Crippen LogP contribution in [0.5, 0.6) is 11.5 Å². The van der Waals surface area contributed by atoms with Crippen molar-refractivity contribution in [1.29, 1.82) is 0 Å². The molecular formula is C24H27F3N2O4. The molecular weight excluding hydrogens is 437 g/mol. The first-order chi connectivity index (χ1) is 15.7. The summed E-state index contributed by atoms with van der Waals surface area (Å²) in [6.07, 6.45) is 2.27. The smallest absolute Gasteiger partial charge is 0.419 e. The van der Waals surface area contributed by atoms with Crippen molar-refractivity contribution >= 4 is 5.69 Å². The number of alkyl halides is 3. The number of nitro groups is 1. The number of nitro benzene ring substituents is 1. The van der Waals surface area contributed by atoms with Crippen LogP contribution < -0.4 is 9.47 Å². The Morgan fingerprint density at radius 2 is 1.73 bits per heavy atom. The molecule has 3 rings (SSSR count). The Bertz CT molecular complexity index is 947. The van der Waals surface area contributed by atoms with E-state index in [1.54, 1.807) is 0 Å². The molecule has 1 fully saturated rings. The molecule has 1 saturated heterocycles. The highest BCUT2D eigenvalue weighted by atomic mass is 19.4. The number of terminal acetylenes is 1. The quantitative estimate of drug-likeness (QED) is 0.305. The second kappa shape index (κ2) is 11.6. The van der Waals surface area contributed by atoms with Gasteiger partial charge in [-0.1, -0.05) is 31.9 Å². The molecule has 2 aromatic rings. The molecule has 0 unspecified atom stereocenters. The van der Waals surface area contributed by atoms with Crippen molar-refractivity contribution < 1.29 is 27.6 Å². The maximum atomic E-state index is 13.0. The molecule has 0 N–H and O–H groups in total. The third-order valence-corrected chi connectivity index (χ3v) is 5.15. The van der Waals surface area contributed by atoms with Crippen molar-refractivity contribution in [1.82, 2.24) is 4.90 Å². The molecule has 9 heteroatoms. The number of likely N-dealkylation sites (tertiary alicyclic amines) is 1. The molecule has 178 valence electrons. The van der Waals surface area contributed by atoms with Gasteiger partial charge in [0.25, 0.3) is 5.69 Å². The molecule has 0 radical (unpaired) electrons. The van der Waals surface area contributed by atoms with Gasteiger partial charge in [-0.15, -0.1) is 6.42 Å². The van der Waals surface area contributed by atoms with Crippen molar-refractivity contribution in [3.05, 3.63) is 64.2 Å². The SMILES string of the molecule is C#CC1(Oc2ccc([N+](=O)[O-])cc2)CCN(CCOc2ccccc2C(F)(F)F)CC1.CC. The fourth-order valence-electron chi connectivity index (χ4n) is 3.39. The summed E-state index contributed by atoms with van der Waals surface area (Å²) < 4.78 is 50.5. The lowest BCUT2D eigenvalue weighted by Gasteiger charge is -2.38. The maximum Gasteiger partial charge on any atom is 0.419 e. The van der Waals surface area contributed by atoms with Crippen LogP contribution in [0.2, 0.25) is 0 Å². The molecule has 33 heavy (non-hydrogen) atoms. The van der Waals surface area contributed by atoms with Crippen molar-refractivity contribution in [2.24, 2.45) is 0 Å². The monoisotopic (exact) mass is 464 g/mol. The van der Waals surface area contributed by atoms with Crippen molar-refractivity contribution in [2.75, 3.05) is 26.2 Å². The van der Waals surface area contributed by atoms with Gasteiger partial charge in [0.15, 0.2) is 5.60 Å². The molecule has 6 nitrogen and oxygen atoms in total. The number of halogens is 3. The summed E-state index contributed by atoms with van der Waals surface area (Å²) in [6, 6.07) is 10.8. The Kier molecular flexibility index (Phi) is 9.12. The molecule has 1 aliphatic heterocycles. The van der Waals surface area contributed by atoms with Gasteiger partial charge < -0.3 is 9.47 Å². The highest BCUT2D eigenvalue weighted by Gasteiger charge is 2.36. The van der Waals surface area contributed by atoms with Gasteiger partial charge in [-0.05, 0) is 24.3 Å². The van der Waals surface area contributed by atoms with Crippen LogP contribution in [0.25, 0.3) is 0 Å². The largest absolute Gasteiger partial charge is 0.492 e. The standard InChI is InChI=1S/C22H21F3N2O4.C2H6/c1-2-21(31-18-9-7-17(8-10-18)27(28)29)11-13-26(14-12-21)15-16-30-20-6-4-3-5-19(20)22(23,24)25;1-2/h1,3-10H,11-16H2;1-2H3. The Balaban J connectivity index is 0.00000187. The number of nitrogens with zero attached hydrogens (tertiary/aromatic N) is 2. The molecule has 0 aliphatic carbocycles. The number of piperidine rings is 1. The minimum atomic E-state index is -4.47. The zero-order valence-corrected chi connectivity index (χ0v) is 18.6. The Labute approximate surface area is 191 Å². The molecule has 2 aromatic carbocycles. The molecule has 0 spiro atoms. The van der Waals surface area contributed by atoms with E-state index in [9.17, 15) is 23.3 Å². The summed E-state index contributed by atoms with van der Waals surface area (Å²) in [4.78, 5) is 12.3. The van der Waals surface area contributed by atoms with E-state index in [0.29, 0.717) is 38.2 Å². The van der Waals surface area contributed by atoms with Crippen LogP contribution in [0.15, 0.2) is 48.5 Å². The number of rotatable bonds is 7. The van der Waals surface area contributed by atoms with Gasteiger partial charge >= 0.3 is 6.18 Å². The van der Waals surface area contributed by atoms with Gasteiger partial charge in [0.1, 0.15) is 18.1 Å². The topological polar surface area (TPSA) is 64.8 Å². The van der Waals surface area contributed by atoms with Crippen LogP contribution in [0.3, 0.4) is 0 Å². The zero-order valence-electron chi connectivity index (χ0n) is 18.6. The van der Waals surface area contributed by atoms with Gasteiger partial charge in [0.05, 0.1) is 10.5 Å². The third-order valence-electron chi connectivity index (χ3n) is 5.15. The van der Waals surface area contributed by atoms with E-state index in [1.807, 2.05) is 18.7 Å². The number of hydrogen-bond donors (Lipinski definition) is 0. The van der Waals surface area contributed by atoms with E-state index in [2.05, 4.69) is 5.92 Å². The average Bonchev–Trinajstić information content (AvgIpc) is 2.81. The Morgan fingerprint density at radius 1 is 1.12 bits per heavy atom. The Morgan fingerprint density at radius 3 is 2.27 bits per heavy atom. The fraction of sp³-hybridized carbons (Fsp3) is 0.417. The summed E-state index contributed by atoms with van der Waals surface area (Å²) in [5.74, 6) is 2.95. The van der Waals surface area contributed by atoms with Gasteiger partial charge in [0.2, 0.25) is 0 Å². The number of ether oxygens (including phenoxy) is 2. The molecule has 0 aromatic heterocycles. The van der Waals surface area contributed by atoms with Crippen LogP contribution in [-0.4, -0.2) is 41.7 Å². The minimum Gasteiger partial charge on any atom is -0.492 e. The third kappa shape index (κ3) is 7.12. The number of hydrogen-bond acceptors (Lipinski definition) is 5. The normalized spacial score (nSPS) is 15.5.